The van der Waals surface area contributed by atoms with E-state index in [1.54, 1.807) is 6.07 Å². The predicted molar refractivity (Wildman–Crippen MR) is 69.9 cm³/mol. The van der Waals surface area contributed by atoms with Crippen molar-refractivity contribution in [1.29, 1.82) is 5.26 Å². The number of nitrogens with one attached hydrogen (secondary N) is 1. The maximum atomic E-state index is 12.4. The zero-order valence-corrected chi connectivity index (χ0v) is 11.2. The molecule has 0 fully saturated rings. The van der Waals surface area contributed by atoms with Crippen LogP contribution in [0.1, 0.15) is 11.1 Å². The van der Waals surface area contributed by atoms with E-state index in [0.29, 0.717) is 12.2 Å². The fraction of sp³-hybridized carbons (Fsp3) is 0.286. The van der Waals surface area contributed by atoms with Crippen LogP contribution in [0.4, 0.5) is 13.2 Å². The molecule has 0 heterocycles. The number of methoxy groups -OCH3 is 1. The van der Waals surface area contributed by atoms with Crippen LogP contribution in [-0.4, -0.2) is 26.2 Å². The Hall–Kier alpha value is -2.33. The lowest BCUT2D eigenvalue weighted by Gasteiger charge is -2.06. The summed E-state index contributed by atoms with van der Waals surface area (Å²) in [5.74, 6) is -0.602. The standard InChI is InChI=1S/C14H13F3N2O2/c1-21-7-6-19-13(20)11(9-18)8-10-2-4-12(5-3-10)14(15,16)17/h2-5,8H,6-7H2,1H3,(H,19,20)/b11-8+. The summed E-state index contributed by atoms with van der Waals surface area (Å²) in [6, 6.07) is 5.89. The Labute approximate surface area is 119 Å². The van der Waals surface area contributed by atoms with Gasteiger partial charge in [0.05, 0.1) is 12.2 Å². The monoisotopic (exact) mass is 298 g/mol. The second-order valence-corrected chi connectivity index (χ2v) is 4.04. The molecule has 0 aromatic heterocycles. The lowest BCUT2D eigenvalue weighted by molar-refractivity contribution is -0.137. The average Bonchev–Trinajstić information content (AvgIpc) is 2.44. The molecule has 0 saturated heterocycles. The molecule has 1 rings (SSSR count). The van der Waals surface area contributed by atoms with Gasteiger partial charge in [-0.2, -0.15) is 18.4 Å². The molecule has 0 spiro atoms. The number of amides is 1. The summed E-state index contributed by atoms with van der Waals surface area (Å²) >= 11 is 0. The average molecular weight is 298 g/mol. The highest BCUT2D eigenvalue weighted by molar-refractivity contribution is 6.01. The molecule has 0 aliphatic rings. The van der Waals surface area contributed by atoms with E-state index in [0.717, 1.165) is 12.1 Å². The Morgan fingerprint density at radius 1 is 1.38 bits per heavy atom. The van der Waals surface area contributed by atoms with Crippen molar-refractivity contribution in [3.8, 4) is 6.07 Å². The number of halogens is 3. The topological polar surface area (TPSA) is 62.1 Å². The van der Waals surface area contributed by atoms with Crippen molar-refractivity contribution in [2.75, 3.05) is 20.3 Å². The smallest absolute Gasteiger partial charge is 0.383 e. The molecule has 0 atom stereocenters. The first kappa shape index (κ1) is 16.7. The van der Waals surface area contributed by atoms with Crippen molar-refractivity contribution in [3.63, 3.8) is 0 Å². The fourth-order valence-corrected chi connectivity index (χ4v) is 1.45. The maximum Gasteiger partial charge on any atom is 0.416 e. The molecule has 0 unspecified atom stereocenters. The van der Waals surface area contributed by atoms with Crippen LogP contribution in [0.2, 0.25) is 0 Å². The summed E-state index contributed by atoms with van der Waals surface area (Å²) in [6.07, 6.45) is -3.19. The van der Waals surface area contributed by atoms with E-state index in [-0.39, 0.29) is 12.1 Å². The van der Waals surface area contributed by atoms with Gasteiger partial charge in [-0.05, 0) is 23.8 Å². The van der Waals surface area contributed by atoms with E-state index < -0.39 is 17.6 Å². The molecule has 21 heavy (non-hydrogen) atoms. The highest BCUT2D eigenvalue weighted by atomic mass is 19.4. The van der Waals surface area contributed by atoms with Crippen LogP contribution in [0.5, 0.6) is 0 Å². The SMILES string of the molecule is COCCNC(=O)/C(C#N)=C/c1ccc(C(F)(F)F)cc1. The van der Waals surface area contributed by atoms with E-state index in [4.69, 9.17) is 10.00 Å². The summed E-state index contributed by atoms with van der Waals surface area (Å²) in [6.45, 7) is 0.534. The van der Waals surface area contributed by atoms with E-state index >= 15 is 0 Å². The highest BCUT2D eigenvalue weighted by Crippen LogP contribution is 2.29. The van der Waals surface area contributed by atoms with Crippen LogP contribution in [0.15, 0.2) is 29.8 Å². The third-order valence-corrected chi connectivity index (χ3v) is 2.51. The summed E-state index contributed by atoms with van der Waals surface area (Å²) in [5.41, 5.74) is -0.644. The normalized spacial score (nSPS) is 11.9. The van der Waals surface area contributed by atoms with Gasteiger partial charge in [0, 0.05) is 13.7 Å². The molecule has 1 aromatic rings. The highest BCUT2D eigenvalue weighted by Gasteiger charge is 2.29. The minimum absolute atomic E-state index is 0.189. The number of benzene rings is 1. The first-order valence-corrected chi connectivity index (χ1v) is 5.94. The molecule has 0 radical (unpaired) electrons. The van der Waals surface area contributed by atoms with Gasteiger partial charge < -0.3 is 10.1 Å². The molecular weight excluding hydrogens is 285 g/mol. The minimum atomic E-state index is -4.42. The second kappa shape index (κ2) is 7.45. The number of ether oxygens (including phenoxy) is 1. The molecule has 0 aliphatic heterocycles. The zero-order valence-electron chi connectivity index (χ0n) is 11.2. The van der Waals surface area contributed by atoms with Gasteiger partial charge in [-0.3, -0.25) is 4.79 Å². The van der Waals surface area contributed by atoms with Crippen LogP contribution >= 0.6 is 0 Å². The number of hydrogen-bond donors (Lipinski definition) is 1. The first-order valence-electron chi connectivity index (χ1n) is 5.94. The third-order valence-electron chi connectivity index (χ3n) is 2.51. The molecule has 112 valence electrons. The van der Waals surface area contributed by atoms with Crippen molar-refractivity contribution in [3.05, 3.63) is 41.0 Å². The van der Waals surface area contributed by atoms with Crippen molar-refractivity contribution < 1.29 is 22.7 Å². The number of nitriles is 1. The molecule has 0 aliphatic carbocycles. The van der Waals surface area contributed by atoms with E-state index in [2.05, 4.69) is 5.32 Å². The van der Waals surface area contributed by atoms with Gasteiger partial charge in [-0.25, -0.2) is 0 Å². The summed E-state index contributed by atoms with van der Waals surface area (Å²) in [5, 5.41) is 11.4. The Balaban J connectivity index is 2.84. The van der Waals surface area contributed by atoms with Gasteiger partial charge in [-0.1, -0.05) is 12.1 Å². The Kier molecular flexibility index (Phi) is 5.93. The number of carbonyl (C=O) groups is 1. The minimum Gasteiger partial charge on any atom is -0.383 e. The Morgan fingerprint density at radius 2 is 2.00 bits per heavy atom. The molecule has 1 amide bonds. The molecule has 0 saturated carbocycles. The Morgan fingerprint density at radius 3 is 2.48 bits per heavy atom. The van der Waals surface area contributed by atoms with Gasteiger partial charge in [-0.15, -0.1) is 0 Å². The summed E-state index contributed by atoms with van der Waals surface area (Å²) in [7, 11) is 1.47. The Bertz CT molecular complexity index is 557. The predicted octanol–water partition coefficient (Wildman–Crippen LogP) is 2.37. The summed E-state index contributed by atoms with van der Waals surface area (Å²) < 4.78 is 42.0. The van der Waals surface area contributed by atoms with Gasteiger partial charge in [0.1, 0.15) is 11.6 Å². The van der Waals surface area contributed by atoms with Gasteiger partial charge in [0.15, 0.2) is 0 Å². The quantitative estimate of drug-likeness (QED) is 0.516. The largest absolute Gasteiger partial charge is 0.416 e. The van der Waals surface area contributed by atoms with E-state index in [1.807, 2.05) is 0 Å². The maximum absolute atomic E-state index is 12.4. The number of hydrogen-bond acceptors (Lipinski definition) is 3. The molecule has 1 aromatic carbocycles. The lowest BCUT2D eigenvalue weighted by atomic mass is 10.1. The lowest BCUT2D eigenvalue weighted by Crippen LogP contribution is -2.27. The number of nitrogens with zero attached hydrogens (tertiary/aromatic N) is 1. The van der Waals surface area contributed by atoms with E-state index in [9.17, 15) is 18.0 Å². The van der Waals surface area contributed by atoms with Gasteiger partial charge in [0.2, 0.25) is 0 Å². The van der Waals surface area contributed by atoms with E-state index in [1.165, 1.54) is 25.3 Å². The number of alkyl halides is 3. The molecule has 7 heteroatoms. The second-order valence-electron chi connectivity index (χ2n) is 4.04. The van der Waals surface area contributed by atoms with Crippen LogP contribution < -0.4 is 5.32 Å². The molecule has 1 N–H and O–H groups in total. The molecule has 0 bridgehead atoms. The van der Waals surface area contributed by atoms with Crippen LogP contribution in [0.3, 0.4) is 0 Å². The van der Waals surface area contributed by atoms with Crippen molar-refractivity contribution in [2.24, 2.45) is 0 Å². The van der Waals surface area contributed by atoms with Crippen LogP contribution in [-0.2, 0) is 15.7 Å². The summed E-state index contributed by atoms with van der Waals surface area (Å²) in [4.78, 5) is 11.6. The third kappa shape index (κ3) is 5.28. The van der Waals surface area contributed by atoms with Crippen LogP contribution in [0.25, 0.3) is 6.08 Å². The zero-order chi connectivity index (χ0) is 15.9. The van der Waals surface area contributed by atoms with Gasteiger partial charge >= 0.3 is 6.18 Å². The molecular formula is C14H13F3N2O2. The van der Waals surface area contributed by atoms with Crippen molar-refractivity contribution in [2.45, 2.75) is 6.18 Å². The van der Waals surface area contributed by atoms with Crippen LogP contribution in [0, 0.1) is 11.3 Å². The number of carbonyl (C=O) groups excluding carboxylic acids is 1. The van der Waals surface area contributed by atoms with Crippen molar-refractivity contribution in [1.82, 2.24) is 5.32 Å². The number of rotatable bonds is 5. The fourth-order valence-electron chi connectivity index (χ4n) is 1.45. The van der Waals surface area contributed by atoms with Gasteiger partial charge in [0.25, 0.3) is 5.91 Å². The molecule has 4 nitrogen and oxygen atoms in total. The first-order chi connectivity index (χ1) is 9.88. The van der Waals surface area contributed by atoms with Crippen molar-refractivity contribution >= 4 is 12.0 Å².